The van der Waals surface area contributed by atoms with Gasteiger partial charge in [0, 0.05) is 6.20 Å². The van der Waals surface area contributed by atoms with Crippen LogP contribution < -0.4 is 5.73 Å². The Bertz CT molecular complexity index is 501. The summed E-state index contributed by atoms with van der Waals surface area (Å²) < 4.78 is 0. The molecular weight excluding hydrogens is 210 g/mol. The van der Waals surface area contributed by atoms with Gasteiger partial charge >= 0.3 is 0 Å². The number of rotatable bonds is 3. The summed E-state index contributed by atoms with van der Waals surface area (Å²) >= 11 is 0. The second-order valence-corrected chi connectivity index (χ2v) is 3.73. The molecule has 0 aliphatic heterocycles. The van der Waals surface area contributed by atoms with Crippen molar-refractivity contribution in [3.05, 3.63) is 59.9 Å². The van der Waals surface area contributed by atoms with E-state index >= 15 is 0 Å². The third kappa shape index (κ3) is 2.91. The van der Waals surface area contributed by atoms with Crippen molar-refractivity contribution in [2.75, 3.05) is 0 Å². The highest BCUT2D eigenvalue weighted by atomic mass is 14.9. The first-order valence-electron chi connectivity index (χ1n) is 5.64. The predicted molar refractivity (Wildman–Crippen MR) is 70.4 cm³/mol. The summed E-state index contributed by atoms with van der Waals surface area (Å²) in [5, 5.41) is 0. The molecule has 0 aliphatic rings. The Morgan fingerprint density at radius 3 is 2.53 bits per heavy atom. The number of nitrogens with zero attached hydrogens (tertiary/aromatic N) is 2. The monoisotopic (exact) mass is 225 g/mol. The number of aryl methyl sites for hydroxylation is 1. The summed E-state index contributed by atoms with van der Waals surface area (Å²) in [5.74, 6) is 0.440. The zero-order chi connectivity index (χ0) is 12.1. The highest BCUT2D eigenvalue weighted by Gasteiger charge is 1.98. The van der Waals surface area contributed by atoms with Crippen LogP contribution in [0.1, 0.15) is 18.2 Å². The number of amidine groups is 1. The molecule has 1 heterocycles. The minimum Gasteiger partial charge on any atom is -0.382 e. The van der Waals surface area contributed by atoms with Gasteiger partial charge in [-0.3, -0.25) is 4.98 Å². The van der Waals surface area contributed by atoms with Crippen molar-refractivity contribution in [3.8, 4) is 0 Å². The van der Waals surface area contributed by atoms with E-state index in [2.05, 4.69) is 29.0 Å². The van der Waals surface area contributed by atoms with Crippen molar-refractivity contribution in [1.29, 1.82) is 0 Å². The lowest BCUT2D eigenvalue weighted by Gasteiger charge is -2.01. The molecule has 0 spiro atoms. The lowest BCUT2D eigenvalue weighted by molar-refractivity contribution is 1.14. The average Bonchev–Trinajstić information content (AvgIpc) is 2.40. The Balaban J connectivity index is 2.23. The minimum atomic E-state index is 0.440. The Morgan fingerprint density at radius 1 is 1.18 bits per heavy atom. The topological polar surface area (TPSA) is 51.3 Å². The maximum Gasteiger partial charge on any atom is 0.150 e. The molecule has 1 aromatic heterocycles. The van der Waals surface area contributed by atoms with E-state index in [1.165, 1.54) is 5.56 Å². The molecule has 86 valence electrons. The molecule has 0 radical (unpaired) electrons. The molecule has 0 bridgehead atoms. The maximum absolute atomic E-state index is 5.89. The van der Waals surface area contributed by atoms with E-state index in [1.807, 2.05) is 30.3 Å². The summed E-state index contributed by atoms with van der Waals surface area (Å²) in [6.45, 7) is 2.13. The van der Waals surface area contributed by atoms with Crippen LogP contribution in [-0.2, 0) is 6.42 Å². The molecule has 0 amide bonds. The summed E-state index contributed by atoms with van der Waals surface area (Å²) in [5.41, 5.74) is 8.73. The van der Waals surface area contributed by atoms with Crippen LogP contribution in [0.25, 0.3) is 0 Å². The van der Waals surface area contributed by atoms with Gasteiger partial charge < -0.3 is 5.73 Å². The average molecular weight is 225 g/mol. The van der Waals surface area contributed by atoms with Gasteiger partial charge in [0.15, 0.2) is 0 Å². The van der Waals surface area contributed by atoms with Gasteiger partial charge in [-0.05, 0) is 36.2 Å². The fraction of sp³-hybridized carbons (Fsp3) is 0.143. The minimum absolute atomic E-state index is 0.440. The van der Waals surface area contributed by atoms with Crippen LogP contribution in [0.15, 0.2) is 53.7 Å². The quantitative estimate of drug-likeness (QED) is 0.645. The number of nitrogens with two attached hydrogens (primary N) is 1. The van der Waals surface area contributed by atoms with Gasteiger partial charge in [0.2, 0.25) is 0 Å². The van der Waals surface area contributed by atoms with Crippen LogP contribution in [-0.4, -0.2) is 10.8 Å². The van der Waals surface area contributed by atoms with Crippen molar-refractivity contribution in [2.45, 2.75) is 13.3 Å². The molecule has 1 aromatic carbocycles. The second-order valence-electron chi connectivity index (χ2n) is 3.73. The number of benzene rings is 1. The first-order valence-corrected chi connectivity index (χ1v) is 5.64. The van der Waals surface area contributed by atoms with Crippen molar-refractivity contribution in [2.24, 2.45) is 10.7 Å². The SMILES string of the molecule is CCc1ccc(N=C(N)c2ccccn2)cc1. The summed E-state index contributed by atoms with van der Waals surface area (Å²) in [6.07, 6.45) is 2.73. The van der Waals surface area contributed by atoms with Crippen LogP contribution in [0.3, 0.4) is 0 Å². The Morgan fingerprint density at radius 2 is 1.94 bits per heavy atom. The van der Waals surface area contributed by atoms with E-state index in [4.69, 9.17) is 5.73 Å². The third-order valence-corrected chi connectivity index (χ3v) is 2.52. The van der Waals surface area contributed by atoms with Crippen molar-refractivity contribution in [3.63, 3.8) is 0 Å². The number of aliphatic imine (C=N–C) groups is 1. The Kier molecular flexibility index (Phi) is 3.50. The fourth-order valence-corrected chi connectivity index (χ4v) is 1.52. The van der Waals surface area contributed by atoms with Gasteiger partial charge in [-0.15, -0.1) is 0 Å². The molecule has 0 atom stereocenters. The lowest BCUT2D eigenvalue weighted by atomic mass is 10.1. The largest absolute Gasteiger partial charge is 0.382 e. The first kappa shape index (κ1) is 11.3. The summed E-state index contributed by atoms with van der Waals surface area (Å²) in [6, 6.07) is 13.6. The van der Waals surface area contributed by atoms with Crippen LogP contribution in [0.5, 0.6) is 0 Å². The van der Waals surface area contributed by atoms with Gasteiger partial charge in [-0.25, -0.2) is 4.99 Å². The second kappa shape index (κ2) is 5.25. The molecule has 0 saturated carbocycles. The van der Waals surface area contributed by atoms with E-state index in [0.717, 1.165) is 12.1 Å². The molecule has 17 heavy (non-hydrogen) atoms. The van der Waals surface area contributed by atoms with E-state index < -0.39 is 0 Å². The smallest absolute Gasteiger partial charge is 0.150 e. The maximum atomic E-state index is 5.89. The molecule has 2 aromatic rings. The highest BCUT2D eigenvalue weighted by Crippen LogP contribution is 2.14. The Labute approximate surface area is 101 Å². The number of hydrogen-bond acceptors (Lipinski definition) is 2. The van der Waals surface area contributed by atoms with Gasteiger partial charge in [0.1, 0.15) is 11.5 Å². The molecule has 2 N–H and O–H groups in total. The van der Waals surface area contributed by atoms with Gasteiger partial charge in [0.25, 0.3) is 0 Å². The van der Waals surface area contributed by atoms with Gasteiger partial charge in [-0.2, -0.15) is 0 Å². The predicted octanol–water partition coefficient (Wildman–Crippen LogP) is 2.68. The van der Waals surface area contributed by atoms with E-state index in [1.54, 1.807) is 6.20 Å². The van der Waals surface area contributed by atoms with Crippen LogP contribution >= 0.6 is 0 Å². The third-order valence-electron chi connectivity index (χ3n) is 2.52. The van der Waals surface area contributed by atoms with E-state index in [9.17, 15) is 0 Å². The van der Waals surface area contributed by atoms with Crippen LogP contribution in [0.4, 0.5) is 5.69 Å². The molecule has 3 nitrogen and oxygen atoms in total. The number of hydrogen-bond donors (Lipinski definition) is 1. The van der Waals surface area contributed by atoms with Gasteiger partial charge in [-0.1, -0.05) is 25.1 Å². The van der Waals surface area contributed by atoms with E-state index in [-0.39, 0.29) is 0 Å². The molecular formula is C14H15N3. The lowest BCUT2D eigenvalue weighted by Crippen LogP contribution is -2.14. The number of pyridine rings is 1. The molecule has 3 heteroatoms. The van der Waals surface area contributed by atoms with E-state index in [0.29, 0.717) is 11.5 Å². The fourth-order valence-electron chi connectivity index (χ4n) is 1.52. The zero-order valence-corrected chi connectivity index (χ0v) is 9.80. The van der Waals surface area contributed by atoms with Crippen molar-refractivity contribution in [1.82, 2.24) is 4.98 Å². The Hall–Kier alpha value is -2.16. The van der Waals surface area contributed by atoms with Crippen molar-refractivity contribution >= 4 is 11.5 Å². The molecule has 2 rings (SSSR count). The molecule has 0 unspecified atom stereocenters. The molecule has 0 saturated heterocycles. The summed E-state index contributed by atoms with van der Waals surface area (Å²) in [4.78, 5) is 8.49. The zero-order valence-electron chi connectivity index (χ0n) is 9.80. The summed E-state index contributed by atoms with van der Waals surface area (Å²) in [7, 11) is 0. The van der Waals surface area contributed by atoms with Gasteiger partial charge in [0.05, 0.1) is 5.69 Å². The number of aromatic nitrogens is 1. The molecule has 0 aliphatic carbocycles. The highest BCUT2D eigenvalue weighted by molar-refractivity contribution is 5.97. The van der Waals surface area contributed by atoms with Crippen molar-refractivity contribution < 1.29 is 0 Å². The van der Waals surface area contributed by atoms with Crippen LogP contribution in [0.2, 0.25) is 0 Å². The first-order chi connectivity index (χ1) is 8.29. The van der Waals surface area contributed by atoms with Crippen LogP contribution in [0, 0.1) is 0 Å². The normalized spacial score (nSPS) is 11.5. The standard InChI is InChI=1S/C14H15N3/c1-2-11-6-8-12(9-7-11)17-14(15)13-5-3-4-10-16-13/h3-10H,2H2,1H3,(H2,15,17). The molecule has 0 fully saturated rings.